The van der Waals surface area contributed by atoms with Crippen LogP contribution >= 0.6 is 0 Å². The van der Waals surface area contributed by atoms with Crippen LogP contribution in [0.25, 0.3) is 61.5 Å². The lowest BCUT2D eigenvalue weighted by atomic mass is 10.1. The second-order valence-electron chi connectivity index (χ2n) is 12.5. The fraction of sp³-hybridized carbons (Fsp3) is 0.0513. The largest absolute Gasteiger partial charge is 0.464 e. The molecule has 4 aromatic carbocycles. The third-order valence-electron chi connectivity index (χ3n) is 9.47. The first-order valence-electron chi connectivity index (χ1n) is 16.6. The number of fused-ring (bicyclic) bond motifs is 6. The highest BCUT2D eigenvalue weighted by atomic mass is 16.3. The van der Waals surface area contributed by atoms with E-state index in [-0.39, 0.29) is 0 Å². The fourth-order valence-corrected chi connectivity index (χ4v) is 6.76. The zero-order valence-electron chi connectivity index (χ0n) is 28.0. The average molecular weight is 682 g/mol. The molecular weight excluding hydrogens is 653 g/mol. The van der Waals surface area contributed by atoms with Crippen molar-refractivity contribution in [2.75, 3.05) is 23.9 Å². The molecule has 0 radical (unpaired) electrons. The van der Waals surface area contributed by atoms with Crippen molar-refractivity contribution in [2.24, 2.45) is 0 Å². The molecule has 0 saturated carbocycles. The molecule has 0 aliphatic rings. The minimum Gasteiger partial charge on any atom is -0.464 e. The number of aromatic nitrogens is 10. The van der Waals surface area contributed by atoms with E-state index in [1.165, 1.54) is 0 Å². The van der Waals surface area contributed by atoms with Gasteiger partial charge in [-0.2, -0.15) is 19.5 Å². The van der Waals surface area contributed by atoms with Gasteiger partial charge in [0.15, 0.2) is 11.5 Å². The topological polar surface area (TPSA) is 125 Å². The van der Waals surface area contributed by atoms with Crippen LogP contribution in [-0.4, -0.2) is 58.4 Å². The first-order chi connectivity index (χ1) is 25.6. The van der Waals surface area contributed by atoms with Gasteiger partial charge in [0.1, 0.15) is 23.4 Å². The molecule has 0 saturated heterocycles. The predicted molar refractivity (Wildman–Crippen MR) is 198 cm³/mol. The van der Waals surface area contributed by atoms with Crippen molar-refractivity contribution < 1.29 is 9.10 Å². The average Bonchev–Trinajstić information content (AvgIpc) is 4.04. The van der Waals surface area contributed by atoms with Crippen molar-refractivity contribution in [1.29, 1.82) is 0 Å². The van der Waals surface area contributed by atoms with E-state index in [9.17, 15) is 0 Å². The Labute approximate surface area is 295 Å². The van der Waals surface area contributed by atoms with Crippen LogP contribution in [0.1, 0.15) is 0 Å². The molecule has 13 heteroatoms. The molecule has 6 heterocycles. The molecule has 0 unspecified atom stereocenters. The Morgan fingerprint density at radius 2 is 1.44 bits per heavy atom. The van der Waals surface area contributed by atoms with Gasteiger partial charge in [-0.3, -0.25) is 9.50 Å². The number of aromatic amines is 1. The van der Waals surface area contributed by atoms with E-state index in [0.29, 0.717) is 11.6 Å². The maximum atomic E-state index is 5.68. The van der Waals surface area contributed by atoms with E-state index in [4.69, 9.17) is 19.5 Å². The van der Waals surface area contributed by atoms with Crippen LogP contribution in [0.3, 0.4) is 0 Å². The number of para-hydroxylation sites is 1. The summed E-state index contributed by atoms with van der Waals surface area (Å²) in [6.45, 7) is 0. The molecule has 52 heavy (non-hydrogen) atoms. The molecule has 0 aliphatic heterocycles. The Hall–Kier alpha value is -7.41. The summed E-state index contributed by atoms with van der Waals surface area (Å²) >= 11 is 0. The highest BCUT2D eigenvalue weighted by molar-refractivity contribution is 5.96. The van der Waals surface area contributed by atoms with Crippen LogP contribution in [0.15, 0.2) is 139 Å². The van der Waals surface area contributed by atoms with Gasteiger partial charge in [-0.1, -0.05) is 41.1 Å². The van der Waals surface area contributed by atoms with Crippen molar-refractivity contribution in [3.63, 3.8) is 0 Å². The monoisotopic (exact) mass is 681 g/mol. The van der Waals surface area contributed by atoms with Crippen molar-refractivity contribution in [3.8, 4) is 28.1 Å². The van der Waals surface area contributed by atoms with E-state index >= 15 is 0 Å². The number of hydrogen-bond donors (Lipinski definition) is 1. The number of rotatable bonds is 7. The van der Waals surface area contributed by atoms with Crippen molar-refractivity contribution in [2.45, 2.75) is 0 Å². The van der Waals surface area contributed by atoms with Crippen LogP contribution in [-0.2, 0) is 0 Å². The first-order valence-corrected chi connectivity index (χ1v) is 16.6. The first kappa shape index (κ1) is 29.5. The molecule has 0 bridgehead atoms. The molecule has 0 spiro atoms. The lowest BCUT2D eigenvalue weighted by Crippen LogP contribution is -2.32. The van der Waals surface area contributed by atoms with Crippen molar-refractivity contribution in [3.05, 3.63) is 134 Å². The highest BCUT2D eigenvalue weighted by Crippen LogP contribution is 2.35. The molecule has 10 aromatic rings. The summed E-state index contributed by atoms with van der Waals surface area (Å²) < 4.78 is 11.5. The second kappa shape index (κ2) is 11.6. The zero-order chi connectivity index (χ0) is 34.8. The molecule has 0 amide bonds. The second-order valence-corrected chi connectivity index (χ2v) is 12.5. The molecule has 250 valence electrons. The van der Waals surface area contributed by atoms with Gasteiger partial charge in [0.2, 0.25) is 0 Å². The SMILES string of the molecule is CN(c1cccc(-[n+]2cn3c(nc(N(C)c4ccccc4)c4ccc(-c5cn[nH]c5)cc43)n2)c1)c1nc2nncn2c2cc(-c3ccco3)ccc12. The predicted octanol–water partition coefficient (Wildman–Crippen LogP) is 6.94. The lowest BCUT2D eigenvalue weighted by molar-refractivity contribution is -0.655. The maximum Gasteiger partial charge on any atom is 0.365 e. The molecule has 6 aromatic heterocycles. The van der Waals surface area contributed by atoms with Gasteiger partial charge in [0, 0.05) is 54.2 Å². The summed E-state index contributed by atoms with van der Waals surface area (Å²) in [4.78, 5) is 14.2. The van der Waals surface area contributed by atoms with E-state index in [1.807, 2.05) is 94.8 Å². The summed E-state index contributed by atoms with van der Waals surface area (Å²) in [5.74, 6) is 3.39. The number of nitrogens with zero attached hydrogens (tertiary/aromatic N) is 11. The lowest BCUT2D eigenvalue weighted by Gasteiger charge is -2.20. The number of anilines is 4. The summed E-state index contributed by atoms with van der Waals surface area (Å²) in [6.07, 6.45) is 9.04. The number of H-pyrrole nitrogens is 1. The van der Waals surface area contributed by atoms with E-state index in [0.717, 1.165) is 73.0 Å². The number of furan rings is 1. The van der Waals surface area contributed by atoms with Gasteiger partial charge in [-0.25, -0.2) is 0 Å². The minimum atomic E-state index is 0.501. The number of hydrogen-bond acceptors (Lipinski definition) is 9. The maximum absolute atomic E-state index is 5.68. The summed E-state index contributed by atoms with van der Waals surface area (Å²) in [5.41, 5.74) is 7.67. The van der Waals surface area contributed by atoms with Gasteiger partial charge in [-0.05, 0) is 71.3 Å². The summed E-state index contributed by atoms with van der Waals surface area (Å²) in [6, 6.07) is 34.8. The molecule has 0 atom stereocenters. The van der Waals surface area contributed by atoms with Gasteiger partial charge < -0.3 is 14.2 Å². The van der Waals surface area contributed by atoms with Gasteiger partial charge in [0.05, 0.1) is 23.4 Å². The summed E-state index contributed by atoms with van der Waals surface area (Å²) in [7, 11) is 4.03. The van der Waals surface area contributed by atoms with Crippen LogP contribution in [0, 0.1) is 0 Å². The Morgan fingerprint density at radius 3 is 2.23 bits per heavy atom. The Kier molecular flexibility index (Phi) is 6.58. The zero-order valence-corrected chi connectivity index (χ0v) is 28.0. The molecule has 0 fully saturated rings. The Morgan fingerprint density at radius 1 is 0.692 bits per heavy atom. The summed E-state index contributed by atoms with van der Waals surface area (Å²) in [5, 5.41) is 22.5. The van der Waals surface area contributed by atoms with E-state index in [2.05, 4.69) is 84.8 Å². The molecule has 0 aliphatic carbocycles. The van der Waals surface area contributed by atoms with Crippen LogP contribution in [0.5, 0.6) is 0 Å². The minimum absolute atomic E-state index is 0.501. The Bertz CT molecular complexity index is 2900. The van der Waals surface area contributed by atoms with Crippen LogP contribution in [0.2, 0.25) is 0 Å². The third kappa shape index (κ3) is 4.75. The van der Waals surface area contributed by atoms with Crippen LogP contribution < -0.4 is 14.5 Å². The van der Waals surface area contributed by atoms with Crippen LogP contribution in [0.4, 0.5) is 23.0 Å². The normalized spacial score (nSPS) is 11.7. The van der Waals surface area contributed by atoms with Crippen molar-refractivity contribution in [1.82, 2.24) is 44.3 Å². The fourth-order valence-electron chi connectivity index (χ4n) is 6.76. The van der Waals surface area contributed by atoms with E-state index < -0.39 is 0 Å². The Balaban J connectivity index is 1.09. The highest BCUT2D eigenvalue weighted by Gasteiger charge is 2.23. The van der Waals surface area contributed by atoms with Gasteiger partial charge in [0.25, 0.3) is 12.1 Å². The van der Waals surface area contributed by atoms with Gasteiger partial charge >= 0.3 is 5.78 Å². The molecule has 10 rings (SSSR count). The number of benzene rings is 4. The quantitative estimate of drug-likeness (QED) is 0.178. The third-order valence-corrected chi connectivity index (χ3v) is 9.47. The van der Waals surface area contributed by atoms with Gasteiger partial charge in [-0.15, -0.1) is 10.2 Å². The van der Waals surface area contributed by atoms with Crippen molar-refractivity contribution >= 4 is 56.4 Å². The molecular formula is C39H29N12O+. The molecule has 13 nitrogen and oxygen atoms in total. The number of nitrogens with one attached hydrogen (secondary N) is 1. The van der Waals surface area contributed by atoms with E-state index in [1.54, 1.807) is 12.6 Å². The standard InChI is InChI=1S/C39H29N12O/c1-47(28-8-4-3-5-9-28)37-32-15-13-25(27-21-40-41-22-27)18-34(32)50-24-51(46-39(50)44-37)30-11-6-10-29(20-30)48(2)36-31-16-14-26(35-12-7-17-52-35)19-33(31)49-23-42-45-38(49)43-36/h3-24H,1-2H3,(H,40,41)/q+1. The molecule has 1 N–H and O–H groups in total. The smallest absolute Gasteiger partial charge is 0.365 e.